The number of esters is 1. The summed E-state index contributed by atoms with van der Waals surface area (Å²) >= 11 is 0. The number of imidazole rings is 1. The maximum absolute atomic E-state index is 13.3. The predicted molar refractivity (Wildman–Crippen MR) is 146 cm³/mol. The Kier molecular flexibility index (Phi) is 13.4. The number of nitrogens with one attached hydrogen (secondary N) is 1. The van der Waals surface area contributed by atoms with Gasteiger partial charge in [0.2, 0.25) is 0 Å². The summed E-state index contributed by atoms with van der Waals surface area (Å²) in [7, 11) is 2.15. The van der Waals surface area contributed by atoms with E-state index in [1.165, 1.54) is 12.7 Å². The van der Waals surface area contributed by atoms with Crippen molar-refractivity contribution in [3.05, 3.63) is 12.4 Å². The van der Waals surface area contributed by atoms with Gasteiger partial charge in [0, 0.05) is 15.5 Å². The minimum Gasteiger partial charge on any atom is -0.464 e. The van der Waals surface area contributed by atoms with E-state index in [2.05, 4.69) is 49.5 Å². The molecule has 3 rings (SSSR count). The lowest BCUT2D eigenvalue weighted by Gasteiger charge is -2.22. The van der Waals surface area contributed by atoms with E-state index in [-0.39, 0.29) is 29.5 Å². The number of aromatic nitrogens is 4. The number of nitrogen functional groups attached to an aromatic ring is 1. The fraction of sp³-hybridized carbons (Fsp3) is 0.680. The maximum Gasteiger partial charge on any atom is 0.319 e. The third-order valence-corrected chi connectivity index (χ3v) is 4.96. The molecule has 3 unspecified atom stereocenters. The lowest BCUT2D eigenvalue weighted by Crippen LogP contribution is -2.31. The van der Waals surface area contributed by atoms with E-state index in [0.717, 1.165) is 0 Å². The lowest BCUT2D eigenvalue weighted by atomic mass is 9.99. The van der Waals surface area contributed by atoms with Gasteiger partial charge in [-0.15, -0.1) is 6.42 Å². The molecular weight excluding hydrogens is 498 g/mol. The molecular formula is C25H42FN6O4P. The first kappa shape index (κ1) is 32.6. The van der Waals surface area contributed by atoms with Crippen LogP contribution in [0.5, 0.6) is 0 Å². The summed E-state index contributed by atoms with van der Waals surface area (Å²) in [5.41, 5.74) is 5.49. The van der Waals surface area contributed by atoms with Gasteiger partial charge >= 0.3 is 12.0 Å². The highest BCUT2D eigenvalue weighted by molar-refractivity contribution is 7.09. The number of ether oxygens (including phenoxy) is 2. The van der Waals surface area contributed by atoms with Crippen LogP contribution in [0.4, 0.5) is 10.2 Å². The number of halogens is 1. The van der Waals surface area contributed by atoms with E-state index >= 15 is 0 Å². The van der Waals surface area contributed by atoms with Crippen LogP contribution in [0.2, 0.25) is 0 Å². The number of nitrogens with two attached hydrogens (primary N) is 1. The van der Waals surface area contributed by atoms with E-state index in [1.807, 2.05) is 34.6 Å². The zero-order valence-electron chi connectivity index (χ0n) is 23.0. The molecule has 3 atom stereocenters. The van der Waals surface area contributed by atoms with Crippen molar-refractivity contribution in [2.45, 2.75) is 85.6 Å². The van der Waals surface area contributed by atoms with Crippen LogP contribution < -0.4 is 11.1 Å². The van der Waals surface area contributed by atoms with Gasteiger partial charge < -0.3 is 25.0 Å². The van der Waals surface area contributed by atoms with Crippen LogP contribution in [0.25, 0.3) is 11.2 Å². The van der Waals surface area contributed by atoms with Crippen molar-refractivity contribution in [2.75, 3.05) is 25.5 Å². The van der Waals surface area contributed by atoms with Crippen molar-refractivity contribution >= 4 is 32.4 Å². The van der Waals surface area contributed by atoms with E-state index < -0.39 is 17.9 Å². The second-order valence-electron chi connectivity index (χ2n) is 10.2. The molecule has 0 aliphatic carbocycles. The molecule has 1 aliphatic rings. The SMILES string of the molecule is C#CC1(COP)CCC(n2cnc3c(N)nc(F)nc32)O1.CC(C)NCC(=O)OCC(C)(C)C.CCC. The van der Waals surface area contributed by atoms with Crippen LogP contribution in [0.15, 0.2) is 6.33 Å². The third kappa shape index (κ3) is 10.9. The van der Waals surface area contributed by atoms with Gasteiger partial charge in [0.05, 0.1) is 26.1 Å². The fourth-order valence-corrected chi connectivity index (χ4v) is 3.35. The van der Waals surface area contributed by atoms with Crippen molar-refractivity contribution in [3.8, 4) is 12.3 Å². The van der Waals surface area contributed by atoms with Gasteiger partial charge in [-0.2, -0.15) is 14.4 Å². The Hall–Kier alpha value is -2.38. The summed E-state index contributed by atoms with van der Waals surface area (Å²) in [6.45, 7) is 15.4. The van der Waals surface area contributed by atoms with Crippen LogP contribution in [-0.2, 0) is 18.8 Å². The molecule has 0 saturated carbocycles. The monoisotopic (exact) mass is 540 g/mol. The molecule has 1 aliphatic heterocycles. The Morgan fingerprint density at radius 2 is 2.08 bits per heavy atom. The summed E-state index contributed by atoms with van der Waals surface area (Å²) in [6.07, 6.45) is 8.22. The topological polar surface area (TPSA) is 126 Å². The quantitative estimate of drug-likeness (QED) is 0.232. The largest absolute Gasteiger partial charge is 0.464 e. The minimum absolute atomic E-state index is 0.00856. The van der Waals surface area contributed by atoms with Crippen LogP contribution in [0.3, 0.4) is 0 Å². The number of fused-ring (bicyclic) bond motifs is 1. The van der Waals surface area contributed by atoms with Crippen LogP contribution >= 0.6 is 9.47 Å². The maximum atomic E-state index is 13.3. The molecule has 0 spiro atoms. The van der Waals surface area contributed by atoms with Crippen LogP contribution in [-0.4, -0.2) is 56.9 Å². The van der Waals surface area contributed by atoms with Crippen LogP contribution in [0.1, 0.15) is 74.0 Å². The van der Waals surface area contributed by atoms with Crippen molar-refractivity contribution in [2.24, 2.45) is 5.41 Å². The highest BCUT2D eigenvalue weighted by atomic mass is 31.0. The number of nitrogens with zero attached hydrogens (tertiary/aromatic N) is 4. The number of carbonyl (C=O) groups excluding carboxylic acids is 1. The van der Waals surface area contributed by atoms with E-state index in [0.29, 0.717) is 37.6 Å². The molecule has 3 N–H and O–H groups in total. The number of rotatable bonds is 7. The molecule has 2 aromatic heterocycles. The molecule has 37 heavy (non-hydrogen) atoms. The van der Waals surface area contributed by atoms with Gasteiger partial charge in [0.1, 0.15) is 6.23 Å². The second-order valence-corrected chi connectivity index (χ2v) is 10.6. The van der Waals surface area contributed by atoms with E-state index in [9.17, 15) is 9.18 Å². The second kappa shape index (κ2) is 15.1. The number of terminal acetylenes is 1. The number of hydrogen-bond acceptors (Lipinski definition) is 9. The highest BCUT2D eigenvalue weighted by Gasteiger charge is 2.40. The van der Waals surface area contributed by atoms with Gasteiger partial charge in [0.15, 0.2) is 22.6 Å². The molecule has 0 bridgehead atoms. The smallest absolute Gasteiger partial charge is 0.319 e. The van der Waals surface area contributed by atoms with Crippen molar-refractivity contribution < 1.29 is 23.2 Å². The first-order valence-electron chi connectivity index (χ1n) is 12.3. The lowest BCUT2D eigenvalue weighted by molar-refractivity contribution is -0.145. The van der Waals surface area contributed by atoms with Crippen LogP contribution in [0, 0.1) is 23.8 Å². The molecule has 0 aromatic carbocycles. The average molecular weight is 541 g/mol. The first-order chi connectivity index (χ1) is 17.3. The van der Waals surface area contributed by atoms with Gasteiger partial charge in [-0.25, -0.2) is 4.98 Å². The normalized spacial score (nSPS) is 19.0. The average Bonchev–Trinajstić information content (AvgIpc) is 3.42. The Morgan fingerprint density at radius 1 is 1.43 bits per heavy atom. The fourth-order valence-electron chi connectivity index (χ4n) is 3.08. The highest BCUT2D eigenvalue weighted by Crippen LogP contribution is 2.38. The summed E-state index contributed by atoms with van der Waals surface area (Å²) in [4.78, 5) is 22.4. The van der Waals surface area contributed by atoms with Gasteiger partial charge in [-0.1, -0.05) is 60.8 Å². The molecule has 0 radical (unpaired) electrons. The Labute approximate surface area is 221 Å². The molecule has 1 saturated heterocycles. The predicted octanol–water partition coefficient (Wildman–Crippen LogP) is 4.03. The van der Waals surface area contributed by atoms with Crippen molar-refractivity contribution in [1.29, 1.82) is 0 Å². The molecule has 10 nitrogen and oxygen atoms in total. The molecule has 208 valence electrons. The molecule has 3 heterocycles. The Balaban J connectivity index is 0.000000369. The molecule has 0 amide bonds. The number of anilines is 1. The zero-order valence-corrected chi connectivity index (χ0v) is 24.2. The van der Waals surface area contributed by atoms with Gasteiger partial charge in [-0.05, 0) is 18.3 Å². The number of carbonyl (C=O) groups is 1. The summed E-state index contributed by atoms with van der Waals surface area (Å²) in [5.74, 6) is 2.43. The van der Waals surface area contributed by atoms with Gasteiger partial charge in [0.25, 0.3) is 0 Å². The number of hydrogen-bond donors (Lipinski definition) is 2. The zero-order chi connectivity index (χ0) is 28.2. The van der Waals surface area contributed by atoms with E-state index in [1.54, 1.807) is 4.57 Å². The van der Waals surface area contributed by atoms with Crippen molar-refractivity contribution in [1.82, 2.24) is 24.8 Å². The minimum atomic E-state index is -0.906. The van der Waals surface area contributed by atoms with E-state index in [4.69, 9.17) is 26.2 Å². The summed E-state index contributed by atoms with van der Waals surface area (Å²) in [6, 6.07) is 0.321. The Morgan fingerprint density at radius 3 is 2.62 bits per heavy atom. The molecule has 12 heteroatoms. The Bertz CT molecular complexity index is 1040. The van der Waals surface area contributed by atoms with Crippen molar-refractivity contribution in [3.63, 3.8) is 0 Å². The molecule has 2 aromatic rings. The summed E-state index contributed by atoms with van der Waals surface area (Å²) < 4.78 is 30.9. The first-order valence-corrected chi connectivity index (χ1v) is 12.8. The molecule has 1 fully saturated rings. The van der Waals surface area contributed by atoms with Gasteiger partial charge in [-0.3, -0.25) is 9.36 Å². The third-order valence-electron chi connectivity index (χ3n) is 4.79. The summed E-state index contributed by atoms with van der Waals surface area (Å²) in [5, 5.41) is 3.01. The standard InChI is InChI=1S/C12H13FN5O2P.C10H21NO2.C3H8/c1-2-12(5-19-21)4-3-7(20-12)18-6-15-8-9(14)16-11(13)17-10(8)18;1-8(2)11-6-9(12)13-7-10(3,4)5;1-3-2/h1,6-7H,3-5,21H2,(H2,14,16,17);8,11H,6-7H2,1-5H3;3H2,1-2H3.